The maximum atomic E-state index is 13.6. The van der Waals surface area contributed by atoms with E-state index in [9.17, 15) is 9.59 Å². The van der Waals surface area contributed by atoms with Crippen molar-refractivity contribution in [2.75, 3.05) is 4.90 Å². The predicted molar refractivity (Wildman–Crippen MR) is 120 cm³/mol. The number of hydrogen-bond acceptors (Lipinski definition) is 6. The van der Waals surface area contributed by atoms with E-state index in [0.29, 0.717) is 5.69 Å². The van der Waals surface area contributed by atoms with Gasteiger partial charge in [-0.05, 0) is 60.4 Å². The highest BCUT2D eigenvalue weighted by atomic mass is 32.1. The van der Waals surface area contributed by atoms with Gasteiger partial charge in [0.25, 0.3) is 5.91 Å². The van der Waals surface area contributed by atoms with Gasteiger partial charge in [-0.2, -0.15) is 0 Å². The fourth-order valence-electron chi connectivity index (χ4n) is 3.90. The molecule has 1 saturated carbocycles. The summed E-state index contributed by atoms with van der Waals surface area (Å²) in [5, 5.41) is 10.8. The van der Waals surface area contributed by atoms with Crippen molar-refractivity contribution in [1.29, 1.82) is 0 Å². The summed E-state index contributed by atoms with van der Waals surface area (Å²) in [6, 6.07) is 10.7. The predicted octanol–water partition coefficient (Wildman–Crippen LogP) is 4.75. The van der Waals surface area contributed by atoms with Crippen LogP contribution in [0.3, 0.4) is 0 Å². The third-order valence-electron chi connectivity index (χ3n) is 5.44. The third kappa shape index (κ3) is 4.44. The number of rotatable bonds is 6. The minimum Gasteiger partial charge on any atom is -0.351 e. The first kappa shape index (κ1) is 20.7. The van der Waals surface area contributed by atoms with Crippen molar-refractivity contribution in [1.82, 2.24) is 14.9 Å². The Bertz CT molecular complexity index is 982. The summed E-state index contributed by atoms with van der Waals surface area (Å²) in [5.41, 5.74) is 1.90. The van der Waals surface area contributed by atoms with E-state index < -0.39 is 6.04 Å². The van der Waals surface area contributed by atoms with Crippen LogP contribution in [0, 0.1) is 6.92 Å². The molecule has 0 saturated heterocycles. The molecule has 1 fully saturated rings. The molecule has 1 aliphatic rings. The van der Waals surface area contributed by atoms with Gasteiger partial charge in [0.2, 0.25) is 5.91 Å². The lowest BCUT2D eigenvalue weighted by atomic mass is 9.95. The number of benzene rings is 1. The van der Waals surface area contributed by atoms with Crippen LogP contribution >= 0.6 is 22.9 Å². The molecule has 1 atom stereocenters. The fourth-order valence-corrected chi connectivity index (χ4v) is 5.34. The van der Waals surface area contributed by atoms with Crippen molar-refractivity contribution in [3.63, 3.8) is 0 Å². The summed E-state index contributed by atoms with van der Waals surface area (Å²) in [4.78, 5) is 29.6. The Morgan fingerprint density at radius 2 is 1.90 bits per heavy atom. The molecule has 0 spiro atoms. The number of thiophene rings is 1. The molecule has 8 heteroatoms. The van der Waals surface area contributed by atoms with E-state index in [1.54, 1.807) is 10.3 Å². The second-order valence-corrected chi connectivity index (χ2v) is 9.07. The van der Waals surface area contributed by atoms with Gasteiger partial charge in [-0.25, -0.2) is 0 Å². The van der Waals surface area contributed by atoms with Gasteiger partial charge >= 0.3 is 0 Å². The quantitative estimate of drug-likeness (QED) is 0.600. The zero-order valence-corrected chi connectivity index (χ0v) is 18.4. The number of amides is 2. The van der Waals surface area contributed by atoms with Crippen molar-refractivity contribution in [3.8, 4) is 0 Å². The molecule has 2 amide bonds. The first-order chi connectivity index (χ1) is 14.6. The molecule has 30 heavy (non-hydrogen) atoms. The second-order valence-electron chi connectivity index (χ2n) is 7.51. The maximum Gasteiger partial charge on any atom is 0.280 e. The summed E-state index contributed by atoms with van der Waals surface area (Å²) < 4.78 is 3.84. The summed E-state index contributed by atoms with van der Waals surface area (Å²) >= 11 is 2.62. The van der Waals surface area contributed by atoms with Gasteiger partial charge in [0.1, 0.15) is 0 Å². The van der Waals surface area contributed by atoms with E-state index in [1.165, 1.54) is 17.8 Å². The number of nitrogens with one attached hydrogen (secondary N) is 1. The highest BCUT2D eigenvalue weighted by Gasteiger charge is 2.36. The van der Waals surface area contributed by atoms with Crippen molar-refractivity contribution >= 4 is 40.4 Å². The van der Waals surface area contributed by atoms with Gasteiger partial charge in [-0.3, -0.25) is 14.5 Å². The van der Waals surface area contributed by atoms with Gasteiger partial charge in [0.05, 0.1) is 0 Å². The molecule has 0 aliphatic heterocycles. The van der Waals surface area contributed by atoms with Crippen LogP contribution in [0.25, 0.3) is 0 Å². The molecule has 4 rings (SSSR count). The van der Waals surface area contributed by atoms with Crippen molar-refractivity contribution in [3.05, 3.63) is 63.3 Å². The van der Waals surface area contributed by atoms with Crippen molar-refractivity contribution in [2.24, 2.45) is 0 Å². The number of nitrogens with zero attached hydrogens (tertiary/aromatic N) is 3. The summed E-state index contributed by atoms with van der Waals surface area (Å²) in [6.45, 7) is 1.98. The number of aromatic nitrogens is 2. The fraction of sp³-hybridized carbons (Fsp3) is 0.364. The third-order valence-corrected chi connectivity index (χ3v) is 7.02. The van der Waals surface area contributed by atoms with Gasteiger partial charge in [-0.1, -0.05) is 41.9 Å². The molecular formula is C22H24N4O2S2. The van der Waals surface area contributed by atoms with E-state index in [0.717, 1.165) is 47.7 Å². The Balaban J connectivity index is 1.75. The van der Waals surface area contributed by atoms with Gasteiger partial charge in [0, 0.05) is 22.0 Å². The normalized spacial score (nSPS) is 15.5. The monoisotopic (exact) mass is 440 g/mol. The highest BCUT2D eigenvalue weighted by Crippen LogP contribution is 2.34. The van der Waals surface area contributed by atoms with Gasteiger partial charge in [-0.15, -0.1) is 16.4 Å². The summed E-state index contributed by atoms with van der Waals surface area (Å²) in [7, 11) is 0. The Kier molecular flexibility index (Phi) is 6.54. The minimum atomic E-state index is -0.761. The molecule has 1 aliphatic carbocycles. The standard InChI is InChI=1S/C22H24N4O2S2/c1-15-12-13-29-20(15)19(21(27)23-16-8-4-2-5-9-16)26(17-10-6-3-7-11-17)22(28)18-14-30-25-24-18/h3,6-7,10-14,16,19H,2,4-5,8-9H2,1H3,(H,23,27)/t19-/m1/s1. The molecule has 1 N–H and O–H groups in total. The van der Waals surface area contributed by atoms with E-state index in [-0.39, 0.29) is 23.6 Å². The van der Waals surface area contributed by atoms with E-state index >= 15 is 0 Å². The molecule has 0 bridgehead atoms. The number of hydrogen-bond donors (Lipinski definition) is 1. The highest BCUT2D eigenvalue weighted by molar-refractivity contribution is 7.10. The van der Waals surface area contributed by atoms with Crippen molar-refractivity contribution < 1.29 is 9.59 Å². The van der Waals surface area contributed by atoms with Gasteiger partial charge in [0.15, 0.2) is 11.7 Å². The second kappa shape index (κ2) is 9.49. The SMILES string of the molecule is Cc1ccsc1[C@H](C(=O)NC1CCCCC1)N(C(=O)c1csnn1)c1ccccc1. The van der Waals surface area contributed by atoms with E-state index in [1.807, 2.05) is 48.7 Å². The zero-order chi connectivity index (χ0) is 20.9. The number of aryl methyl sites for hydroxylation is 1. The Labute approximate surface area is 184 Å². The molecule has 1 aromatic carbocycles. The lowest BCUT2D eigenvalue weighted by molar-refractivity contribution is -0.123. The van der Waals surface area contributed by atoms with Crippen LogP contribution in [0.4, 0.5) is 5.69 Å². The van der Waals surface area contributed by atoms with Crippen LogP contribution in [-0.2, 0) is 4.79 Å². The molecule has 0 unspecified atom stereocenters. The number of anilines is 1. The molecule has 3 aromatic rings. The van der Waals surface area contributed by atoms with Crippen LogP contribution in [-0.4, -0.2) is 27.4 Å². The number of carbonyl (C=O) groups excluding carboxylic acids is 2. The summed E-state index contributed by atoms with van der Waals surface area (Å²) in [6.07, 6.45) is 5.43. The summed E-state index contributed by atoms with van der Waals surface area (Å²) in [5.74, 6) is -0.473. The average Bonchev–Trinajstić information content (AvgIpc) is 3.45. The smallest absolute Gasteiger partial charge is 0.280 e. The lowest BCUT2D eigenvalue weighted by Gasteiger charge is -2.32. The first-order valence-corrected chi connectivity index (χ1v) is 11.9. The maximum absolute atomic E-state index is 13.6. The van der Waals surface area contributed by atoms with Crippen LogP contribution in [0.2, 0.25) is 0 Å². The minimum absolute atomic E-state index is 0.146. The largest absolute Gasteiger partial charge is 0.351 e. The lowest BCUT2D eigenvalue weighted by Crippen LogP contribution is -2.47. The topological polar surface area (TPSA) is 75.2 Å². The van der Waals surface area contributed by atoms with E-state index in [2.05, 4.69) is 14.9 Å². The van der Waals surface area contributed by atoms with Crippen LogP contribution in [0.15, 0.2) is 47.2 Å². The van der Waals surface area contributed by atoms with Crippen LogP contribution < -0.4 is 10.2 Å². The Morgan fingerprint density at radius 1 is 1.13 bits per heavy atom. The number of para-hydroxylation sites is 1. The zero-order valence-electron chi connectivity index (χ0n) is 16.8. The first-order valence-electron chi connectivity index (χ1n) is 10.1. The van der Waals surface area contributed by atoms with E-state index in [4.69, 9.17) is 0 Å². The van der Waals surface area contributed by atoms with Crippen LogP contribution in [0.1, 0.15) is 59.1 Å². The Morgan fingerprint density at radius 3 is 2.53 bits per heavy atom. The molecule has 2 aromatic heterocycles. The Hall–Kier alpha value is -2.58. The molecule has 156 valence electrons. The van der Waals surface area contributed by atoms with Gasteiger partial charge < -0.3 is 5.32 Å². The van der Waals surface area contributed by atoms with Crippen LogP contribution in [0.5, 0.6) is 0 Å². The molecular weight excluding hydrogens is 416 g/mol. The average molecular weight is 441 g/mol. The molecule has 2 heterocycles. The molecule has 6 nitrogen and oxygen atoms in total. The molecule has 0 radical (unpaired) electrons. The number of carbonyl (C=O) groups is 2. The van der Waals surface area contributed by atoms with Crippen molar-refractivity contribution in [2.45, 2.75) is 51.1 Å².